The largest absolute Gasteiger partial charge is 0.473 e. The van der Waals surface area contributed by atoms with Crippen LogP contribution in [0.2, 0.25) is 5.02 Å². The number of rotatable bonds is 7. The molecule has 0 unspecified atom stereocenters. The molecule has 5 heterocycles. The van der Waals surface area contributed by atoms with E-state index >= 15 is 0 Å². The molecule has 12 nitrogen and oxygen atoms in total. The van der Waals surface area contributed by atoms with Gasteiger partial charge in [0.2, 0.25) is 5.79 Å². The van der Waals surface area contributed by atoms with Gasteiger partial charge < -0.3 is 35.1 Å². The minimum absolute atomic E-state index is 0.168. The molecular weight excluding hydrogens is 630 g/mol. The zero-order chi connectivity index (χ0) is 33.3. The standard InChI is InChI=1S/C32H38ClN3O5.C2H2O4/c1-19-4-11-26-20(2)29(38-30-32(26)25(19)12-14-31(3,39-30)40-41-32)37-17-16-34-22-6-8-23(9-7-22)36-27-13-15-35-28-18-21(33)5-10-24(27)28;3-1(4)2(5)6/h5-10,13,15,18-20,25-26,29-30,34H,4,11-12,14,16-17H2,1-3H3,(H,35,36);(H,3,4)(H,5,6)/t19-,20-,25+,26+,29+,30-,31-,32-;/m1./s1. The summed E-state index contributed by atoms with van der Waals surface area (Å²) in [6.45, 7) is 7.67. The molecule has 5 aliphatic rings. The average molecular weight is 670 g/mol. The zero-order valence-corrected chi connectivity index (χ0v) is 27.2. The summed E-state index contributed by atoms with van der Waals surface area (Å²) < 4.78 is 19.3. The van der Waals surface area contributed by atoms with E-state index < -0.39 is 29.6 Å². The van der Waals surface area contributed by atoms with Crippen LogP contribution in [-0.4, -0.2) is 64.3 Å². The summed E-state index contributed by atoms with van der Waals surface area (Å²) >= 11 is 6.13. The lowest BCUT2D eigenvalue weighted by molar-refractivity contribution is -0.577. The lowest BCUT2D eigenvalue weighted by Crippen LogP contribution is -2.70. The molecule has 4 saturated heterocycles. The van der Waals surface area contributed by atoms with Gasteiger partial charge in [0, 0.05) is 58.5 Å². The predicted molar refractivity (Wildman–Crippen MR) is 173 cm³/mol. The van der Waals surface area contributed by atoms with Gasteiger partial charge in [-0.2, -0.15) is 0 Å². The molecule has 8 rings (SSSR count). The van der Waals surface area contributed by atoms with Crippen LogP contribution >= 0.6 is 11.6 Å². The zero-order valence-electron chi connectivity index (χ0n) is 26.5. The minimum atomic E-state index is -1.82. The Kier molecular flexibility index (Phi) is 9.62. The number of fused-ring (bicyclic) bond motifs is 3. The van der Waals surface area contributed by atoms with Crippen LogP contribution in [0.25, 0.3) is 10.9 Å². The second kappa shape index (κ2) is 13.5. The number of carboxylic acid groups (broad SMARTS) is 2. The fourth-order valence-corrected chi connectivity index (χ4v) is 7.66. The maximum Gasteiger partial charge on any atom is 0.414 e. The van der Waals surface area contributed by atoms with Gasteiger partial charge in [-0.25, -0.2) is 19.4 Å². The van der Waals surface area contributed by atoms with E-state index in [0.717, 1.165) is 47.2 Å². The Morgan fingerprint density at radius 3 is 2.49 bits per heavy atom. The molecule has 4 aliphatic heterocycles. The molecule has 8 atom stereocenters. The highest BCUT2D eigenvalue weighted by Crippen LogP contribution is 2.60. The summed E-state index contributed by atoms with van der Waals surface area (Å²) in [6, 6.07) is 15.9. The van der Waals surface area contributed by atoms with Crippen LogP contribution in [0, 0.1) is 23.7 Å². The first-order valence-corrected chi connectivity index (χ1v) is 16.3. The molecule has 5 fully saturated rings. The number of aliphatic carboxylic acids is 2. The third-order valence-corrected chi connectivity index (χ3v) is 10.1. The van der Waals surface area contributed by atoms with Crippen molar-refractivity contribution in [2.24, 2.45) is 23.7 Å². The van der Waals surface area contributed by atoms with Crippen LogP contribution in [0.3, 0.4) is 0 Å². The van der Waals surface area contributed by atoms with E-state index in [1.165, 1.54) is 6.42 Å². The number of hydrogen-bond acceptors (Lipinski definition) is 10. The lowest BCUT2D eigenvalue weighted by atomic mass is 9.58. The molecule has 2 bridgehead atoms. The van der Waals surface area contributed by atoms with Gasteiger partial charge in [-0.1, -0.05) is 25.4 Å². The molecule has 13 heteroatoms. The van der Waals surface area contributed by atoms with Crippen LogP contribution in [0.5, 0.6) is 0 Å². The topological polar surface area (TPSA) is 158 Å². The van der Waals surface area contributed by atoms with E-state index in [0.29, 0.717) is 30.0 Å². The number of pyridine rings is 1. The summed E-state index contributed by atoms with van der Waals surface area (Å²) in [5.74, 6) is -3.09. The number of ether oxygens (including phenoxy) is 3. The van der Waals surface area contributed by atoms with E-state index in [1.54, 1.807) is 6.20 Å². The van der Waals surface area contributed by atoms with Crippen LogP contribution in [-0.2, 0) is 33.6 Å². The number of nitrogens with zero attached hydrogens (tertiary/aromatic N) is 1. The minimum Gasteiger partial charge on any atom is -0.473 e. The first kappa shape index (κ1) is 33.4. The molecule has 1 saturated carbocycles. The Bertz CT molecular complexity index is 1600. The summed E-state index contributed by atoms with van der Waals surface area (Å²) in [5.41, 5.74) is 3.30. The van der Waals surface area contributed by atoms with Crippen molar-refractivity contribution in [2.75, 3.05) is 23.8 Å². The van der Waals surface area contributed by atoms with Gasteiger partial charge in [0.05, 0.1) is 12.1 Å². The molecule has 47 heavy (non-hydrogen) atoms. The van der Waals surface area contributed by atoms with Crippen LogP contribution in [0.15, 0.2) is 54.7 Å². The summed E-state index contributed by atoms with van der Waals surface area (Å²) in [7, 11) is 0. The van der Waals surface area contributed by atoms with Gasteiger partial charge in [-0.15, -0.1) is 0 Å². The highest BCUT2D eigenvalue weighted by molar-refractivity contribution is 6.31. The Morgan fingerprint density at radius 2 is 1.74 bits per heavy atom. The molecule has 1 aliphatic carbocycles. The fraction of sp³-hybridized carbons (Fsp3) is 0.500. The van der Waals surface area contributed by atoms with Crippen molar-refractivity contribution < 1.29 is 43.8 Å². The molecule has 252 valence electrons. The van der Waals surface area contributed by atoms with Crippen molar-refractivity contribution in [3.05, 3.63) is 59.8 Å². The fourth-order valence-electron chi connectivity index (χ4n) is 7.49. The normalized spacial score (nSPS) is 32.3. The number of anilines is 3. The van der Waals surface area contributed by atoms with Crippen molar-refractivity contribution in [1.29, 1.82) is 0 Å². The Hall–Kier alpha value is -3.52. The van der Waals surface area contributed by atoms with Crippen LogP contribution < -0.4 is 10.6 Å². The van der Waals surface area contributed by atoms with E-state index in [4.69, 9.17) is 55.4 Å². The average Bonchev–Trinajstić information content (AvgIpc) is 3.28. The van der Waals surface area contributed by atoms with Gasteiger partial charge in [-0.3, -0.25) is 4.98 Å². The van der Waals surface area contributed by atoms with Crippen molar-refractivity contribution in [1.82, 2.24) is 4.98 Å². The quantitative estimate of drug-likeness (QED) is 0.124. The maximum absolute atomic E-state index is 9.10. The van der Waals surface area contributed by atoms with E-state index in [9.17, 15) is 0 Å². The molecule has 4 N–H and O–H groups in total. The second-order valence-electron chi connectivity index (χ2n) is 12.9. The predicted octanol–water partition coefficient (Wildman–Crippen LogP) is 6.42. The Labute approximate surface area is 277 Å². The van der Waals surface area contributed by atoms with Gasteiger partial charge in [0.25, 0.3) is 0 Å². The SMILES string of the molecule is C[C@H]1[C@@H](OCCNc2ccc(Nc3ccnc4cc(Cl)ccc34)cc2)O[C@@H]2O[C@@]3(C)CC[C@H]4[C@H](C)CC[C@@H]1[C@@]24OO3.O=C(O)C(=O)O. The van der Waals surface area contributed by atoms with E-state index in [2.05, 4.69) is 53.7 Å². The summed E-state index contributed by atoms with van der Waals surface area (Å²) in [5, 5.41) is 23.4. The van der Waals surface area contributed by atoms with Gasteiger partial charge >= 0.3 is 11.9 Å². The van der Waals surface area contributed by atoms with E-state index in [1.807, 2.05) is 31.2 Å². The monoisotopic (exact) mass is 669 g/mol. The van der Waals surface area contributed by atoms with E-state index in [-0.39, 0.29) is 18.1 Å². The van der Waals surface area contributed by atoms with Gasteiger partial charge in [0.15, 0.2) is 18.2 Å². The van der Waals surface area contributed by atoms with Crippen molar-refractivity contribution in [3.8, 4) is 0 Å². The number of benzene rings is 2. The molecule has 0 radical (unpaired) electrons. The molecule has 1 spiro atoms. The number of hydrogen-bond donors (Lipinski definition) is 4. The number of aromatic nitrogens is 1. The Morgan fingerprint density at radius 1 is 1.00 bits per heavy atom. The summed E-state index contributed by atoms with van der Waals surface area (Å²) in [6.07, 6.45) is 5.03. The molecular formula is C34H40ClN3O9. The Balaban J connectivity index is 0.000000591. The highest BCUT2D eigenvalue weighted by atomic mass is 35.5. The first-order valence-electron chi connectivity index (χ1n) is 15.9. The maximum atomic E-state index is 9.10. The number of carboxylic acids is 2. The number of nitrogens with one attached hydrogen (secondary N) is 2. The number of halogens is 1. The van der Waals surface area contributed by atoms with Gasteiger partial charge in [0.1, 0.15) is 0 Å². The van der Waals surface area contributed by atoms with Crippen molar-refractivity contribution in [2.45, 2.75) is 70.4 Å². The number of carbonyl (C=O) groups is 2. The highest BCUT2D eigenvalue weighted by Gasteiger charge is 2.69. The second-order valence-corrected chi connectivity index (χ2v) is 13.3. The molecule has 1 aromatic heterocycles. The molecule has 0 amide bonds. The third kappa shape index (κ3) is 6.76. The third-order valence-electron chi connectivity index (χ3n) is 9.86. The van der Waals surface area contributed by atoms with Crippen LogP contribution in [0.1, 0.15) is 46.5 Å². The van der Waals surface area contributed by atoms with Gasteiger partial charge in [-0.05, 0) is 86.6 Å². The first-order chi connectivity index (χ1) is 22.5. The molecule has 2 aromatic carbocycles. The van der Waals surface area contributed by atoms with Crippen molar-refractivity contribution >= 4 is 51.5 Å². The smallest absolute Gasteiger partial charge is 0.414 e. The molecule has 3 aromatic rings. The lowest BCUT2D eigenvalue weighted by Gasteiger charge is -2.60. The van der Waals surface area contributed by atoms with Crippen molar-refractivity contribution in [3.63, 3.8) is 0 Å². The van der Waals surface area contributed by atoms with Crippen LogP contribution in [0.4, 0.5) is 17.1 Å². The summed E-state index contributed by atoms with van der Waals surface area (Å²) in [4.78, 5) is 34.8.